The van der Waals surface area contributed by atoms with Crippen LogP contribution in [0.4, 0.5) is 0 Å². The maximum atomic E-state index is 13.5. The summed E-state index contributed by atoms with van der Waals surface area (Å²) in [5.41, 5.74) is 3.58. The molecule has 0 unspecified atom stereocenters. The molecule has 7 nitrogen and oxygen atoms in total. The van der Waals surface area contributed by atoms with Gasteiger partial charge in [0.05, 0.1) is 12.0 Å². The van der Waals surface area contributed by atoms with Gasteiger partial charge in [-0.05, 0) is 48.7 Å². The van der Waals surface area contributed by atoms with Gasteiger partial charge in [-0.2, -0.15) is 0 Å². The number of amides is 1. The van der Waals surface area contributed by atoms with Crippen LogP contribution in [0.25, 0.3) is 17.1 Å². The van der Waals surface area contributed by atoms with Crippen LogP contribution in [0.15, 0.2) is 53.6 Å². The predicted octanol–water partition coefficient (Wildman–Crippen LogP) is 2.04. The molecule has 0 aliphatic carbocycles. The molecule has 31 heavy (non-hydrogen) atoms. The van der Waals surface area contributed by atoms with Crippen LogP contribution in [0, 0.1) is 5.92 Å². The Bertz CT molecular complexity index is 1190. The van der Waals surface area contributed by atoms with Crippen LogP contribution in [0.1, 0.15) is 23.6 Å². The van der Waals surface area contributed by atoms with Gasteiger partial charge in [0.15, 0.2) is 0 Å². The highest BCUT2D eigenvalue weighted by Gasteiger charge is 2.31. The van der Waals surface area contributed by atoms with Gasteiger partial charge in [-0.1, -0.05) is 12.1 Å². The van der Waals surface area contributed by atoms with Gasteiger partial charge < -0.3 is 14.8 Å². The number of likely N-dealkylation sites (N-methyl/N-ethyl adjacent to an activating group) is 1. The molecule has 2 atom stereocenters. The molecule has 7 heteroatoms. The third kappa shape index (κ3) is 3.59. The molecule has 2 bridgehead atoms. The number of carbonyl (C=O) groups excluding carboxylic acids is 1. The number of nitrogens with zero attached hydrogens (tertiary/aromatic N) is 4. The lowest BCUT2D eigenvalue weighted by atomic mass is 9.84. The van der Waals surface area contributed by atoms with E-state index in [9.17, 15) is 9.59 Å². The van der Waals surface area contributed by atoms with Crippen LogP contribution in [0.3, 0.4) is 0 Å². The summed E-state index contributed by atoms with van der Waals surface area (Å²) < 4.78 is 3.89. The van der Waals surface area contributed by atoms with Crippen LogP contribution in [-0.2, 0) is 17.8 Å². The average Bonchev–Trinajstić information content (AvgIpc) is 3.24. The molecule has 1 aromatic carbocycles. The number of pyridine rings is 1. The van der Waals surface area contributed by atoms with Crippen LogP contribution in [0.5, 0.6) is 0 Å². The van der Waals surface area contributed by atoms with Crippen molar-refractivity contribution in [3.63, 3.8) is 0 Å². The number of benzene rings is 1. The number of nitrogens with one attached hydrogen (secondary N) is 1. The fraction of sp³-hybridized carbons (Fsp3) is 0.375. The highest BCUT2D eigenvalue weighted by atomic mass is 16.2. The zero-order chi connectivity index (χ0) is 21.5. The number of fused-ring (bicyclic) bond motifs is 4. The van der Waals surface area contributed by atoms with E-state index in [2.05, 4.69) is 16.4 Å². The molecule has 2 aliphatic rings. The van der Waals surface area contributed by atoms with Crippen molar-refractivity contribution in [2.24, 2.45) is 5.92 Å². The fourth-order valence-corrected chi connectivity index (χ4v) is 4.82. The Kier molecular flexibility index (Phi) is 4.98. The van der Waals surface area contributed by atoms with E-state index in [4.69, 9.17) is 0 Å². The Morgan fingerprint density at radius 2 is 2.10 bits per heavy atom. The second kappa shape index (κ2) is 7.81. The summed E-state index contributed by atoms with van der Waals surface area (Å²) >= 11 is 0. The maximum Gasteiger partial charge on any atom is 0.261 e. The molecule has 2 aromatic heterocycles. The first-order valence-electron chi connectivity index (χ1n) is 10.8. The van der Waals surface area contributed by atoms with Crippen molar-refractivity contribution >= 4 is 5.91 Å². The Morgan fingerprint density at radius 1 is 1.23 bits per heavy atom. The van der Waals surface area contributed by atoms with Gasteiger partial charge in [-0.25, -0.2) is 4.98 Å². The van der Waals surface area contributed by atoms with Crippen molar-refractivity contribution in [3.8, 4) is 17.1 Å². The molecule has 0 saturated carbocycles. The summed E-state index contributed by atoms with van der Waals surface area (Å²) in [5, 5.41) is 3.49. The van der Waals surface area contributed by atoms with Gasteiger partial charge in [0.25, 0.3) is 5.56 Å². The van der Waals surface area contributed by atoms with E-state index in [0.717, 1.165) is 43.0 Å². The van der Waals surface area contributed by atoms with Gasteiger partial charge in [-0.3, -0.25) is 14.2 Å². The lowest BCUT2D eigenvalue weighted by Crippen LogP contribution is -2.45. The largest absolute Gasteiger partial charge is 0.349 e. The third-order valence-electron chi connectivity index (χ3n) is 6.43. The first-order chi connectivity index (χ1) is 15.0. The molecule has 4 heterocycles. The normalized spacial score (nSPS) is 19.7. The van der Waals surface area contributed by atoms with Crippen molar-refractivity contribution in [2.75, 3.05) is 27.2 Å². The molecular formula is C24H27N5O2. The van der Waals surface area contributed by atoms with Crippen molar-refractivity contribution in [2.45, 2.75) is 25.3 Å². The molecule has 1 saturated heterocycles. The van der Waals surface area contributed by atoms with Gasteiger partial charge in [0, 0.05) is 56.9 Å². The Morgan fingerprint density at radius 3 is 2.94 bits per heavy atom. The smallest absolute Gasteiger partial charge is 0.261 e. The van der Waals surface area contributed by atoms with E-state index in [1.807, 2.05) is 45.7 Å². The topological polar surface area (TPSA) is 72.2 Å². The van der Waals surface area contributed by atoms with E-state index in [1.165, 1.54) is 0 Å². The van der Waals surface area contributed by atoms with Crippen LogP contribution >= 0.6 is 0 Å². The number of piperidine rings is 1. The zero-order valence-corrected chi connectivity index (χ0v) is 17.9. The Balaban J connectivity index is 1.53. The van der Waals surface area contributed by atoms with Gasteiger partial charge >= 0.3 is 0 Å². The highest BCUT2D eigenvalue weighted by Crippen LogP contribution is 2.32. The molecule has 5 rings (SSSR count). The second-order valence-corrected chi connectivity index (χ2v) is 8.80. The van der Waals surface area contributed by atoms with E-state index in [-0.39, 0.29) is 11.5 Å². The van der Waals surface area contributed by atoms with Gasteiger partial charge in [0.1, 0.15) is 5.82 Å². The van der Waals surface area contributed by atoms with Crippen molar-refractivity contribution in [1.82, 2.24) is 24.3 Å². The standard InChI is InChI=1S/C24H27N5O2/c1-27(2)22(30)12-16-4-3-5-19(11-16)28-9-8-26-23(28)20-6-7-21-18-10-17(13-25-14-18)15-29(21)24(20)31/h3-9,11,17-18,25H,10,12-15H2,1-2H3/t17-,18+/m0/s1. The Hall–Kier alpha value is -3.19. The third-order valence-corrected chi connectivity index (χ3v) is 6.43. The van der Waals surface area contributed by atoms with Crippen molar-refractivity contribution < 1.29 is 4.79 Å². The van der Waals surface area contributed by atoms with E-state index < -0.39 is 0 Å². The van der Waals surface area contributed by atoms with E-state index >= 15 is 0 Å². The fourth-order valence-electron chi connectivity index (χ4n) is 4.82. The van der Waals surface area contributed by atoms with Crippen molar-refractivity contribution in [3.05, 3.63) is 70.4 Å². The summed E-state index contributed by atoms with van der Waals surface area (Å²) in [7, 11) is 3.52. The quantitative estimate of drug-likeness (QED) is 0.705. The predicted molar refractivity (Wildman–Crippen MR) is 119 cm³/mol. The van der Waals surface area contributed by atoms with Crippen LogP contribution in [0.2, 0.25) is 0 Å². The molecule has 2 aliphatic heterocycles. The second-order valence-electron chi connectivity index (χ2n) is 8.80. The number of carbonyl (C=O) groups is 1. The maximum absolute atomic E-state index is 13.5. The number of hydrogen-bond donors (Lipinski definition) is 1. The van der Waals surface area contributed by atoms with E-state index in [1.54, 1.807) is 25.2 Å². The molecule has 160 valence electrons. The minimum atomic E-state index is 0.0282. The minimum Gasteiger partial charge on any atom is -0.349 e. The molecule has 1 N–H and O–H groups in total. The van der Waals surface area contributed by atoms with Crippen molar-refractivity contribution in [1.29, 1.82) is 0 Å². The summed E-state index contributed by atoms with van der Waals surface area (Å²) in [6, 6.07) is 11.9. The van der Waals surface area contributed by atoms with Crippen LogP contribution in [-0.4, -0.2) is 52.1 Å². The zero-order valence-electron chi connectivity index (χ0n) is 17.9. The van der Waals surface area contributed by atoms with E-state index in [0.29, 0.717) is 29.6 Å². The SMILES string of the molecule is CN(C)C(=O)Cc1cccc(-n2ccnc2-c2ccc3n(c2=O)C[C@@H]2CNC[C@H]3C2)c1. The summed E-state index contributed by atoms with van der Waals surface area (Å²) in [5.74, 6) is 1.59. The molecule has 1 fully saturated rings. The van der Waals surface area contributed by atoms with Gasteiger partial charge in [0.2, 0.25) is 5.91 Å². The van der Waals surface area contributed by atoms with Gasteiger partial charge in [-0.15, -0.1) is 0 Å². The summed E-state index contributed by atoms with van der Waals surface area (Å²) in [6.45, 7) is 2.66. The number of imidazole rings is 1. The molecular weight excluding hydrogens is 390 g/mol. The monoisotopic (exact) mass is 417 g/mol. The molecule has 1 amide bonds. The molecule has 3 aromatic rings. The first-order valence-corrected chi connectivity index (χ1v) is 10.8. The number of rotatable bonds is 4. The van der Waals surface area contributed by atoms with Crippen LogP contribution < -0.4 is 10.9 Å². The number of hydrogen-bond acceptors (Lipinski definition) is 4. The number of aromatic nitrogens is 3. The molecule has 0 radical (unpaired) electrons. The average molecular weight is 418 g/mol. The minimum absolute atomic E-state index is 0.0282. The highest BCUT2D eigenvalue weighted by molar-refractivity contribution is 5.78. The summed E-state index contributed by atoms with van der Waals surface area (Å²) in [6.07, 6.45) is 5.07. The molecule has 0 spiro atoms. The summed E-state index contributed by atoms with van der Waals surface area (Å²) in [4.78, 5) is 31.7. The first kappa shape index (κ1) is 19.8. The Labute approximate surface area is 181 Å². The lowest BCUT2D eigenvalue weighted by molar-refractivity contribution is -0.127. The lowest BCUT2D eigenvalue weighted by Gasteiger charge is -2.37.